The molecule has 0 bridgehead atoms. The van der Waals surface area contributed by atoms with E-state index in [4.69, 9.17) is 11.6 Å². The van der Waals surface area contributed by atoms with Crippen molar-refractivity contribution < 1.29 is 17.2 Å². The highest BCUT2D eigenvalue weighted by Crippen LogP contribution is 2.36. The minimum Gasteiger partial charge on any atom is -0.253 e. The molecule has 1 aromatic heterocycles. The van der Waals surface area contributed by atoms with Crippen molar-refractivity contribution in [2.45, 2.75) is 17.9 Å². The molecule has 9 heteroatoms. The Kier molecular flexibility index (Phi) is 5.27. The third-order valence-electron chi connectivity index (χ3n) is 3.75. The minimum absolute atomic E-state index is 0.0296. The van der Waals surface area contributed by atoms with E-state index in [1.165, 1.54) is 41.8 Å². The molecule has 1 N–H and O–H groups in total. The molecule has 4 nitrogen and oxygen atoms in total. The monoisotopic (exact) mass is 415 g/mol. The summed E-state index contributed by atoms with van der Waals surface area (Å²) < 4.78 is 53.4. The molecule has 2 aromatic carbocycles. The number of hydrogen-bond acceptors (Lipinski definition) is 3. The molecular weight excluding hydrogens is 402 g/mol. The highest BCUT2D eigenvalue weighted by Gasteiger charge is 2.37. The molecule has 0 spiro atoms. The maximum atomic E-state index is 14.5. The molecule has 3 rings (SSSR count). The van der Waals surface area contributed by atoms with Crippen molar-refractivity contribution in [3.63, 3.8) is 0 Å². The first-order valence-corrected chi connectivity index (χ1v) is 10.2. The van der Waals surface area contributed by atoms with Crippen molar-refractivity contribution in [3.8, 4) is 0 Å². The van der Waals surface area contributed by atoms with Gasteiger partial charge in [0.25, 0.3) is 0 Å². The Labute approximate surface area is 158 Å². The summed E-state index contributed by atoms with van der Waals surface area (Å²) in [5.41, 5.74) is 1.25. The zero-order valence-electron chi connectivity index (χ0n) is 13.5. The van der Waals surface area contributed by atoms with E-state index in [0.29, 0.717) is 9.90 Å². The van der Waals surface area contributed by atoms with Gasteiger partial charge >= 0.3 is 10.0 Å². The fraction of sp³-hybridized carbons (Fsp3) is 0.118. The Bertz CT molecular complexity index is 1010. The van der Waals surface area contributed by atoms with Crippen LogP contribution in [0.15, 0.2) is 59.1 Å². The Balaban J connectivity index is 2.20. The number of nitrogens with zero attached hydrogens (tertiary/aromatic N) is 2. The first-order chi connectivity index (χ1) is 12.3. The van der Waals surface area contributed by atoms with Gasteiger partial charge in [0.2, 0.25) is 0 Å². The van der Waals surface area contributed by atoms with Gasteiger partial charge in [-0.05, 0) is 43.3 Å². The first-order valence-electron chi connectivity index (χ1n) is 7.46. The normalized spacial score (nSPS) is 14.6. The van der Waals surface area contributed by atoms with Crippen molar-refractivity contribution in [2.75, 3.05) is 4.31 Å². The van der Waals surface area contributed by atoms with E-state index in [1.54, 1.807) is 12.4 Å². The molecule has 3 aromatic rings. The van der Waals surface area contributed by atoms with Gasteiger partial charge in [-0.2, -0.15) is 4.21 Å². The van der Waals surface area contributed by atoms with Crippen LogP contribution in [0.3, 0.4) is 0 Å². The Morgan fingerprint density at radius 2 is 1.92 bits per heavy atom. The van der Waals surface area contributed by atoms with E-state index in [9.17, 15) is 17.2 Å². The lowest BCUT2D eigenvalue weighted by Crippen LogP contribution is -2.34. The van der Waals surface area contributed by atoms with Gasteiger partial charge in [-0.3, -0.25) is 4.98 Å². The van der Waals surface area contributed by atoms with Crippen LogP contribution in [0, 0.1) is 11.6 Å². The summed E-state index contributed by atoms with van der Waals surface area (Å²) in [5, 5.41) is 0.392. The molecular formula is C17H14ClF2N2O2S2+. The SMILES string of the molecule is CC(c1cncs1)N(c1cc(F)ccc1F)S(=O)(=[OH+])c1ccc(Cl)cc1. The second-order valence-corrected chi connectivity index (χ2v) is 8.66. The average Bonchev–Trinajstić information content (AvgIpc) is 3.13. The van der Waals surface area contributed by atoms with Crippen LogP contribution >= 0.6 is 22.9 Å². The van der Waals surface area contributed by atoms with Crippen molar-refractivity contribution in [1.29, 1.82) is 0 Å². The van der Waals surface area contributed by atoms with E-state index in [-0.39, 0.29) is 10.6 Å². The number of benzene rings is 2. The maximum absolute atomic E-state index is 14.5. The van der Waals surface area contributed by atoms with E-state index < -0.39 is 27.7 Å². The summed E-state index contributed by atoms with van der Waals surface area (Å²) in [7, 11) is -3.94. The number of hydrogen-bond donors (Lipinski definition) is 0. The second kappa shape index (κ2) is 7.30. The summed E-state index contributed by atoms with van der Waals surface area (Å²) in [6.07, 6.45) is 1.52. The van der Waals surface area contributed by atoms with Crippen LogP contribution in [0.25, 0.3) is 0 Å². The highest BCUT2D eigenvalue weighted by molar-refractivity contribution is 7.92. The Hall–Kier alpha value is -2.03. The van der Waals surface area contributed by atoms with Gasteiger partial charge in [0.1, 0.15) is 16.5 Å². The van der Waals surface area contributed by atoms with Gasteiger partial charge < -0.3 is 0 Å². The molecule has 2 unspecified atom stereocenters. The summed E-state index contributed by atoms with van der Waals surface area (Å²) in [6, 6.07) is 7.74. The van der Waals surface area contributed by atoms with Gasteiger partial charge in [0.15, 0.2) is 0 Å². The fourth-order valence-electron chi connectivity index (χ4n) is 2.48. The first kappa shape index (κ1) is 18.8. The molecule has 26 heavy (non-hydrogen) atoms. The summed E-state index contributed by atoms with van der Waals surface area (Å²) in [6.45, 7) is 1.63. The largest absolute Gasteiger partial charge is 0.399 e. The topological polar surface area (TPSA) is 54.6 Å². The minimum atomic E-state index is -3.94. The third-order valence-corrected chi connectivity index (χ3v) is 6.88. The van der Waals surface area contributed by atoms with Crippen LogP contribution < -0.4 is 4.31 Å². The molecule has 0 fully saturated rings. The third kappa shape index (κ3) is 3.58. The number of anilines is 1. The number of halogens is 3. The molecule has 0 aliphatic carbocycles. The molecule has 0 amide bonds. The van der Waals surface area contributed by atoms with Crippen LogP contribution in [-0.2, 0) is 10.0 Å². The Morgan fingerprint density at radius 3 is 2.54 bits per heavy atom. The van der Waals surface area contributed by atoms with Crippen LogP contribution in [-0.4, -0.2) is 13.4 Å². The lowest BCUT2D eigenvalue weighted by Gasteiger charge is -2.26. The summed E-state index contributed by atoms with van der Waals surface area (Å²) in [4.78, 5) is 4.62. The Morgan fingerprint density at radius 1 is 1.23 bits per heavy atom. The molecule has 0 aliphatic rings. The zero-order valence-corrected chi connectivity index (χ0v) is 15.9. The summed E-state index contributed by atoms with van der Waals surface area (Å²) >= 11 is 7.09. The van der Waals surface area contributed by atoms with Gasteiger partial charge in [-0.15, -0.1) is 11.3 Å². The van der Waals surface area contributed by atoms with Crippen LogP contribution in [0.5, 0.6) is 0 Å². The predicted molar refractivity (Wildman–Crippen MR) is 99.2 cm³/mol. The van der Waals surface area contributed by atoms with Gasteiger partial charge in [-0.25, -0.2) is 17.3 Å². The zero-order chi connectivity index (χ0) is 18.9. The van der Waals surface area contributed by atoms with E-state index in [2.05, 4.69) is 4.98 Å². The van der Waals surface area contributed by atoms with E-state index in [1.807, 2.05) is 0 Å². The van der Waals surface area contributed by atoms with Crippen molar-refractivity contribution in [2.24, 2.45) is 0 Å². The van der Waals surface area contributed by atoms with Crippen molar-refractivity contribution in [1.82, 2.24) is 4.98 Å². The molecule has 0 radical (unpaired) electrons. The average molecular weight is 416 g/mol. The van der Waals surface area contributed by atoms with Crippen LogP contribution in [0.1, 0.15) is 17.8 Å². The van der Waals surface area contributed by atoms with Gasteiger partial charge in [0.05, 0.1) is 17.2 Å². The smallest absolute Gasteiger partial charge is 0.253 e. The highest BCUT2D eigenvalue weighted by atomic mass is 35.5. The molecule has 0 aliphatic heterocycles. The number of rotatable bonds is 5. The fourth-order valence-corrected chi connectivity index (χ4v) is 5.01. The molecule has 0 saturated heterocycles. The maximum Gasteiger partial charge on any atom is 0.399 e. The predicted octanol–water partition coefficient (Wildman–Crippen LogP) is 5.19. The van der Waals surface area contributed by atoms with Gasteiger partial charge in [-0.1, -0.05) is 11.6 Å². The number of thiazole rings is 1. The van der Waals surface area contributed by atoms with Crippen molar-refractivity contribution in [3.05, 3.63) is 75.7 Å². The van der Waals surface area contributed by atoms with Crippen LogP contribution in [0.2, 0.25) is 5.02 Å². The van der Waals surface area contributed by atoms with Crippen molar-refractivity contribution >= 4 is 38.6 Å². The quantitative estimate of drug-likeness (QED) is 0.538. The molecule has 1 heterocycles. The van der Waals surface area contributed by atoms with Gasteiger partial charge in [0, 0.05) is 22.2 Å². The standard InChI is InChI=1S/C17H13ClF2N2O2S2/c1-11(17-9-21-10-25-17)22(16-8-13(19)4-7-15(16)20)26(23,24)14-5-2-12(18)3-6-14/h2-11H,1H3/p+1. The second-order valence-electron chi connectivity index (χ2n) is 5.45. The lowest BCUT2D eigenvalue weighted by atomic mass is 10.2. The lowest BCUT2D eigenvalue weighted by molar-refractivity contribution is 0.581. The van der Waals surface area contributed by atoms with E-state index >= 15 is 0 Å². The number of aromatic nitrogens is 1. The molecule has 136 valence electrons. The summed E-state index contributed by atoms with van der Waals surface area (Å²) in [5.74, 6) is -1.52. The van der Waals surface area contributed by atoms with Crippen LogP contribution in [0.4, 0.5) is 14.5 Å². The van der Waals surface area contributed by atoms with E-state index in [0.717, 1.165) is 22.5 Å². The molecule has 2 atom stereocenters. The molecule has 0 saturated carbocycles.